The number of nitrogens with one attached hydrogen (secondary N) is 1. The maximum atomic E-state index is 12.1. The van der Waals surface area contributed by atoms with Crippen LogP contribution in [0.25, 0.3) is 0 Å². The van der Waals surface area contributed by atoms with Gasteiger partial charge in [-0.25, -0.2) is 0 Å². The molecule has 1 atom stereocenters. The molecule has 2 aliphatic rings. The van der Waals surface area contributed by atoms with Gasteiger partial charge in [-0.3, -0.25) is 4.79 Å². The van der Waals surface area contributed by atoms with Crippen molar-refractivity contribution in [2.24, 2.45) is 0 Å². The molecule has 15 heavy (non-hydrogen) atoms. The van der Waals surface area contributed by atoms with Crippen molar-refractivity contribution in [1.29, 1.82) is 0 Å². The van der Waals surface area contributed by atoms with E-state index in [9.17, 15) is 4.79 Å². The summed E-state index contributed by atoms with van der Waals surface area (Å²) in [6, 6.07) is 1.22. The molecule has 3 nitrogen and oxygen atoms in total. The molecule has 1 unspecified atom stereocenters. The zero-order valence-electron chi connectivity index (χ0n) is 9.83. The second-order valence-corrected chi connectivity index (χ2v) is 4.78. The molecule has 0 spiro atoms. The zero-order chi connectivity index (χ0) is 10.8. The van der Waals surface area contributed by atoms with Crippen LogP contribution in [-0.2, 0) is 4.79 Å². The van der Waals surface area contributed by atoms with E-state index in [0.29, 0.717) is 18.0 Å². The normalized spacial score (nSPS) is 26.7. The number of amides is 1. The highest BCUT2D eigenvalue weighted by atomic mass is 16.2. The van der Waals surface area contributed by atoms with E-state index >= 15 is 0 Å². The quantitative estimate of drug-likeness (QED) is 0.746. The second kappa shape index (κ2) is 4.52. The van der Waals surface area contributed by atoms with Crippen LogP contribution in [0.5, 0.6) is 0 Å². The van der Waals surface area contributed by atoms with Crippen LogP contribution in [0, 0.1) is 0 Å². The van der Waals surface area contributed by atoms with Crippen LogP contribution in [0.4, 0.5) is 0 Å². The molecular weight excluding hydrogens is 188 g/mol. The second-order valence-electron chi connectivity index (χ2n) is 4.78. The maximum absolute atomic E-state index is 12.1. The van der Waals surface area contributed by atoms with Crippen molar-refractivity contribution in [3.63, 3.8) is 0 Å². The Morgan fingerprint density at radius 1 is 1.33 bits per heavy atom. The van der Waals surface area contributed by atoms with Crippen molar-refractivity contribution in [2.75, 3.05) is 6.54 Å². The fraction of sp³-hybridized carbons (Fsp3) is 0.917. The Labute approximate surface area is 92.2 Å². The maximum Gasteiger partial charge on any atom is 0.240 e. The molecular formula is C12H22N2O. The molecule has 1 aliphatic carbocycles. The summed E-state index contributed by atoms with van der Waals surface area (Å²) in [7, 11) is 0. The van der Waals surface area contributed by atoms with Crippen LogP contribution in [0.1, 0.15) is 46.0 Å². The van der Waals surface area contributed by atoms with Crippen LogP contribution < -0.4 is 5.32 Å². The third-order valence-electron chi connectivity index (χ3n) is 3.64. The van der Waals surface area contributed by atoms with Crippen LogP contribution in [-0.4, -0.2) is 35.5 Å². The van der Waals surface area contributed by atoms with Gasteiger partial charge in [0.2, 0.25) is 5.91 Å². The minimum Gasteiger partial charge on any atom is -0.338 e. The van der Waals surface area contributed by atoms with Gasteiger partial charge in [-0.2, -0.15) is 0 Å². The number of carbonyl (C=O) groups is 1. The predicted octanol–water partition coefficient (Wildman–Crippen LogP) is 1.53. The molecule has 0 radical (unpaired) electrons. The zero-order valence-corrected chi connectivity index (χ0v) is 9.83. The summed E-state index contributed by atoms with van der Waals surface area (Å²) in [5.41, 5.74) is 0. The Balaban J connectivity index is 1.89. The Kier molecular flexibility index (Phi) is 3.29. The Bertz CT molecular complexity index is 234. The van der Waals surface area contributed by atoms with Gasteiger partial charge in [0, 0.05) is 18.6 Å². The third kappa shape index (κ3) is 2.33. The highest BCUT2D eigenvalue weighted by Crippen LogP contribution is 2.24. The molecule has 1 N–H and O–H groups in total. The molecule has 1 aliphatic heterocycles. The highest BCUT2D eigenvalue weighted by molar-refractivity contribution is 5.84. The van der Waals surface area contributed by atoms with Gasteiger partial charge >= 0.3 is 0 Å². The lowest BCUT2D eigenvalue weighted by Gasteiger charge is -2.26. The van der Waals surface area contributed by atoms with Gasteiger partial charge in [-0.05, 0) is 32.1 Å². The van der Waals surface area contributed by atoms with Crippen LogP contribution in [0.3, 0.4) is 0 Å². The minimum atomic E-state index is 0.123. The van der Waals surface area contributed by atoms with Gasteiger partial charge < -0.3 is 10.2 Å². The Morgan fingerprint density at radius 2 is 2.00 bits per heavy atom. The van der Waals surface area contributed by atoms with Gasteiger partial charge in [0.1, 0.15) is 0 Å². The third-order valence-corrected chi connectivity index (χ3v) is 3.64. The first-order chi connectivity index (χ1) is 7.26. The van der Waals surface area contributed by atoms with E-state index < -0.39 is 0 Å². The molecule has 0 aromatic heterocycles. The average molecular weight is 210 g/mol. The highest BCUT2D eigenvalue weighted by Gasteiger charge is 2.37. The van der Waals surface area contributed by atoms with Crippen molar-refractivity contribution < 1.29 is 4.79 Å². The van der Waals surface area contributed by atoms with Crippen molar-refractivity contribution in [3.05, 3.63) is 0 Å². The molecule has 0 bridgehead atoms. The van der Waals surface area contributed by atoms with E-state index in [1.54, 1.807) is 0 Å². The Morgan fingerprint density at radius 3 is 2.53 bits per heavy atom. The first-order valence-electron chi connectivity index (χ1n) is 6.32. The molecule has 1 saturated heterocycles. The first kappa shape index (κ1) is 10.9. The summed E-state index contributed by atoms with van der Waals surface area (Å²) < 4.78 is 0. The molecule has 86 valence electrons. The molecule has 0 aromatic carbocycles. The lowest BCUT2D eigenvalue weighted by molar-refractivity contribution is -0.131. The fourth-order valence-electron chi connectivity index (χ4n) is 2.48. The molecule has 1 saturated carbocycles. The van der Waals surface area contributed by atoms with E-state index in [-0.39, 0.29) is 6.04 Å². The largest absolute Gasteiger partial charge is 0.338 e. The number of likely N-dealkylation sites (tertiary alicyclic amines) is 1. The monoisotopic (exact) mass is 210 g/mol. The van der Waals surface area contributed by atoms with E-state index in [0.717, 1.165) is 25.8 Å². The van der Waals surface area contributed by atoms with Gasteiger partial charge in [0.25, 0.3) is 0 Å². The van der Waals surface area contributed by atoms with Gasteiger partial charge in [0.15, 0.2) is 0 Å². The topological polar surface area (TPSA) is 32.3 Å². The van der Waals surface area contributed by atoms with Crippen LogP contribution >= 0.6 is 0 Å². The van der Waals surface area contributed by atoms with Crippen molar-refractivity contribution in [2.45, 2.75) is 64.1 Å². The van der Waals surface area contributed by atoms with Crippen LogP contribution in [0.15, 0.2) is 0 Å². The van der Waals surface area contributed by atoms with Gasteiger partial charge in [-0.1, -0.05) is 13.8 Å². The summed E-state index contributed by atoms with van der Waals surface area (Å²) in [5.74, 6) is 0.343. The lowest BCUT2D eigenvalue weighted by atomic mass is 10.1. The average Bonchev–Trinajstić information content (AvgIpc) is 2.98. The van der Waals surface area contributed by atoms with Crippen LogP contribution in [0.2, 0.25) is 0 Å². The van der Waals surface area contributed by atoms with E-state index in [1.165, 1.54) is 12.8 Å². The molecule has 0 aromatic rings. The summed E-state index contributed by atoms with van der Waals surface area (Å²) >= 11 is 0. The molecule has 2 rings (SSSR count). The lowest BCUT2D eigenvalue weighted by Crippen LogP contribution is -2.43. The van der Waals surface area contributed by atoms with E-state index in [4.69, 9.17) is 0 Å². The number of hydrogen-bond donors (Lipinski definition) is 1. The molecule has 1 heterocycles. The standard InChI is InChI=1S/C12H22N2O/c1-3-10(4-2)14-8-7-11(12(14)15)13-9-5-6-9/h9-11,13H,3-8H2,1-2H3. The summed E-state index contributed by atoms with van der Waals surface area (Å²) in [6.45, 7) is 5.29. The van der Waals surface area contributed by atoms with E-state index in [2.05, 4.69) is 24.1 Å². The van der Waals surface area contributed by atoms with Gasteiger partial charge in [0.05, 0.1) is 6.04 Å². The van der Waals surface area contributed by atoms with Crippen molar-refractivity contribution in [1.82, 2.24) is 10.2 Å². The molecule has 2 fully saturated rings. The first-order valence-corrected chi connectivity index (χ1v) is 6.32. The SMILES string of the molecule is CCC(CC)N1CCC(NC2CC2)C1=O. The van der Waals surface area contributed by atoms with Crippen molar-refractivity contribution in [3.8, 4) is 0 Å². The number of hydrogen-bond acceptors (Lipinski definition) is 2. The number of nitrogens with zero attached hydrogens (tertiary/aromatic N) is 1. The smallest absolute Gasteiger partial charge is 0.240 e. The summed E-state index contributed by atoms with van der Waals surface area (Å²) in [6.07, 6.45) is 5.69. The minimum absolute atomic E-state index is 0.123. The molecule has 3 heteroatoms. The van der Waals surface area contributed by atoms with Crippen molar-refractivity contribution >= 4 is 5.91 Å². The fourth-order valence-corrected chi connectivity index (χ4v) is 2.48. The van der Waals surface area contributed by atoms with Gasteiger partial charge in [-0.15, -0.1) is 0 Å². The summed E-state index contributed by atoms with van der Waals surface area (Å²) in [5, 5.41) is 3.44. The van der Waals surface area contributed by atoms with E-state index in [1.807, 2.05) is 0 Å². The number of carbonyl (C=O) groups excluding carboxylic acids is 1. The number of rotatable bonds is 5. The summed E-state index contributed by atoms with van der Waals surface area (Å²) in [4.78, 5) is 14.2. The molecule has 1 amide bonds. The Hall–Kier alpha value is -0.570. The predicted molar refractivity (Wildman–Crippen MR) is 60.6 cm³/mol.